The maximum Gasteiger partial charge on any atom is 0.267 e. The van der Waals surface area contributed by atoms with Crippen LogP contribution in [0.3, 0.4) is 0 Å². The minimum Gasteiger partial charge on any atom is -0.375 e. The summed E-state index contributed by atoms with van der Waals surface area (Å²) in [6.45, 7) is 2.00. The smallest absolute Gasteiger partial charge is 0.267 e. The van der Waals surface area contributed by atoms with E-state index in [4.69, 9.17) is 5.73 Å². The number of carbonyl (C=O) groups excluding carboxylic acids is 1. The topological polar surface area (TPSA) is 68.0 Å². The number of aryl methyl sites for hydroxylation is 1. The summed E-state index contributed by atoms with van der Waals surface area (Å²) in [5, 5.41) is 3.17. The normalized spacial score (nSPS) is 10.1. The van der Waals surface area contributed by atoms with Gasteiger partial charge in [-0.05, 0) is 19.1 Å². The first-order chi connectivity index (χ1) is 7.65. The SMILES string of the molecule is Cc1ccc(NC(=O)c2cnc(N)s2)cc1. The number of hydrogen-bond donors (Lipinski definition) is 2. The number of nitrogens with one attached hydrogen (secondary N) is 1. The van der Waals surface area contributed by atoms with Crippen molar-refractivity contribution in [2.24, 2.45) is 0 Å². The number of anilines is 2. The van der Waals surface area contributed by atoms with Crippen molar-refractivity contribution in [2.75, 3.05) is 11.1 Å². The highest BCUT2D eigenvalue weighted by Crippen LogP contribution is 2.16. The molecule has 3 N–H and O–H groups in total. The highest BCUT2D eigenvalue weighted by molar-refractivity contribution is 7.17. The van der Waals surface area contributed by atoms with E-state index in [2.05, 4.69) is 10.3 Å². The third kappa shape index (κ3) is 2.38. The monoisotopic (exact) mass is 233 g/mol. The van der Waals surface area contributed by atoms with E-state index in [1.165, 1.54) is 17.5 Å². The molecule has 1 amide bonds. The van der Waals surface area contributed by atoms with Gasteiger partial charge in [0.2, 0.25) is 0 Å². The van der Waals surface area contributed by atoms with Crippen molar-refractivity contribution in [3.05, 3.63) is 40.9 Å². The Morgan fingerprint density at radius 2 is 2.06 bits per heavy atom. The fourth-order valence-electron chi connectivity index (χ4n) is 1.22. The van der Waals surface area contributed by atoms with Crippen LogP contribution >= 0.6 is 11.3 Å². The Morgan fingerprint density at radius 1 is 1.38 bits per heavy atom. The van der Waals surface area contributed by atoms with Gasteiger partial charge in [-0.1, -0.05) is 29.0 Å². The molecule has 0 radical (unpaired) electrons. The summed E-state index contributed by atoms with van der Waals surface area (Å²) in [4.78, 5) is 16.1. The third-order valence-electron chi connectivity index (χ3n) is 2.06. The Hall–Kier alpha value is -1.88. The number of carbonyl (C=O) groups is 1. The molecule has 1 aromatic heterocycles. The molecule has 4 nitrogen and oxygen atoms in total. The van der Waals surface area contributed by atoms with E-state index in [1.54, 1.807) is 0 Å². The molecule has 0 fully saturated rings. The van der Waals surface area contributed by atoms with Crippen LogP contribution in [-0.2, 0) is 0 Å². The lowest BCUT2D eigenvalue weighted by Gasteiger charge is -2.02. The van der Waals surface area contributed by atoms with Crippen LogP contribution < -0.4 is 11.1 Å². The molecule has 1 heterocycles. The molecular formula is C11H11N3OS. The largest absolute Gasteiger partial charge is 0.375 e. The molecule has 0 aliphatic carbocycles. The van der Waals surface area contributed by atoms with E-state index in [0.29, 0.717) is 10.0 Å². The van der Waals surface area contributed by atoms with Gasteiger partial charge in [-0.25, -0.2) is 4.98 Å². The standard InChI is InChI=1S/C11H11N3OS/c1-7-2-4-8(5-3-7)14-10(15)9-6-13-11(12)16-9/h2-6H,1H3,(H2,12,13)(H,14,15). The molecule has 0 unspecified atom stereocenters. The Balaban J connectivity index is 2.10. The summed E-state index contributed by atoms with van der Waals surface area (Å²) in [5.41, 5.74) is 7.38. The van der Waals surface area contributed by atoms with Crippen LogP contribution in [0.4, 0.5) is 10.8 Å². The fraction of sp³-hybridized carbons (Fsp3) is 0.0909. The van der Waals surface area contributed by atoms with Crippen LogP contribution in [0, 0.1) is 6.92 Å². The molecule has 0 aliphatic heterocycles. The molecule has 16 heavy (non-hydrogen) atoms. The zero-order valence-electron chi connectivity index (χ0n) is 8.73. The molecular weight excluding hydrogens is 222 g/mol. The fourth-order valence-corrected chi connectivity index (χ4v) is 1.80. The van der Waals surface area contributed by atoms with Gasteiger partial charge >= 0.3 is 0 Å². The van der Waals surface area contributed by atoms with Crippen LogP contribution in [0.2, 0.25) is 0 Å². The molecule has 2 rings (SSSR count). The summed E-state index contributed by atoms with van der Waals surface area (Å²) in [7, 11) is 0. The minimum atomic E-state index is -0.182. The average molecular weight is 233 g/mol. The van der Waals surface area contributed by atoms with Gasteiger partial charge in [0, 0.05) is 5.69 Å². The maximum atomic E-state index is 11.7. The first-order valence-electron chi connectivity index (χ1n) is 4.74. The Kier molecular flexibility index (Phi) is 2.87. The number of nitrogens with zero attached hydrogens (tertiary/aromatic N) is 1. The molecule has 0 saturated carbocycles. The molecule has 0 aliphatic rings. The van der Waals surface area contributed by atoms with Gasteiger partial charge in [0.15, 0.2) is 5.13 Å². The summed E-state index contributed by atoms with van der Waals surface area (Å²) in [6.07, 6.45) is 1.48. The van der Waals surface area contributed by atoms with Crippen molar-refractivity contribution in [2.45, 2.75) is 6.92 Å². The molecule has 1 aromatic carbocycles. The number of aromatic nitrogens is 1. The van der Waals surface area contributed by atoms with E-state index in [1.807, 2.05) is 31.2 Å². The Bertz CT molecular complexity index is 504. The second-order valence-electron chi connectivity index (χ2n) is 3.38. The number of thiazole rings is 1. The zero-order valence-corrected chi connectivity index (χ0v) is 9.54. The first kappa shape index (κ1) is 10.6. The van der Waals surface area contributed by atoms with Gasteiger partial charge in [-0.15, -0.1) is 0 Å². The highest BCUT2D eigenvalue weighted by atomic mass is 32.1. The van der Waals surface area contributed by atoms with Gasteiger partial charge in [0.1, 0.15) is 4.88 Å². The van der Waals surface area contributed by atoms with Crippen molar-refractivity contribution in [3.63, 3.8) is 0 Å². The lowest BCUT2D eigenvalue weighted by molar-refractivity contribution is 0.103. The van der Waals surface area contributed by atoms with E-state index in [0.717, 1.165) is 11.3 Å². The average Bonchev–Trinajstić information content (AvgIpc) is 2.68. The zero-order chi connectivity index (χ0) is 11.5. The molecule has 0 spiro atoms. The molecule has 82 valence electrons. The predicted molar refractivity (Wildman–Crippen MR) is 65.7 cm³/mol. The van der Waals surface area contributed by atoms with Crippen LogP contribution in [-0.4, -0.2) is 10.9 Å². The minimum absolute atomic E-state index is 0.182. The number of benzene rings is 1. The molecule has 5 heteroatoms. The maximum absolute atomic E-state index is 11.7. The number of hydrogen-bond acceptors (Lipinski definition) is 4. The summed E-state index contributed by atoms with van der Waals surface area (Å²) < 4.78 is 0. The highest BCUT2D eigenvalue weighted by Gasteiger charge is 2.09. The predicted octanol–water partition coefficient (Wildman–Crippen LogP) is 2.29. The molecule has 0 atom stereocenters. The second-order valence-corrected chi connectivity index (χ2v) is 4.45. The summed E-state index contributed by atoms with van der Waals surface area (Å²) in [6, 6.07) is 7.60. The summed E-state index contributed by atoms with van der Waals surface area (Å²) in [5.74, 6) is -0.182. The number of amides is 1. The molecule has 0 saturated heterocycles. The van der Waals surface area contributed by atoms with Crippen molar-refractivity contribution in [1.29, 1.82) is 0 Å². The van der Waals surface area contributed by atoms with Crippen molar-refractivity contribution in [1.82, 2.24) is 4.98 Å². The lowest BCUT2D eigenvalue weighted by atomic mass is 10.2. The quantitative estimate of drug-likeness (QED) is 0.836. The first-order valence-corrected chi connectivity index (χ1v) is 5.56. The summed E-state index contributed by atoms with van der Waals surface area (Å²) >= 11 is 1.17. The van der Waals surface area contributed by atoms with Gasteiger partial charge in [-0.2, -0.15) is 0 Å². The molecule has 2 aromatic rings. The number of rotatable bonds is 2. The van der Waals surface area contributed by atoms with Crippen LogP contribution in [0.5, 0.6) is 0 Å². The third-order valence-corrected chi connectivity index (χ3v) is 2.88. The number of nitrogens with two attached hydrogens (primary N) is 1. The van der Waals surface area contributed by atoms with E-state index in [9.17, 15) is 4.79 Å². The van der Waals surface area contributed by atoms with Crippen molar-refractivity contribution in [3.8, 4) is 0 Å². The number of nitrogen functional groups attached to an aromatic ring is 1. The van der Waals surface area contributed by atoms with Crippen molar-refractivity contribution < 1.29 is 4.79 Å². The van der Waals surface area contributed by atoms with Crippen LogP contribution in [0.25, 0.3) is 0 Å². The Morgan fingerprint density at radius 3 is 2.62 bits per heavy atom. The van der Waals surface area contributed by atoms with Gasteiger partial charge in [-0.3, -0.25) is 4.79 Å². The van der Waals surface area contributed by atoms with Crippen molar-refractivity contribution >= 4 is 28.1 Å². The van der Waals surface area contributed by atoms with Gasteiger partial charge in [0.05, 0.1) is 6.20 Å². The second kappa shape index (κ2) is 4.32. The van der Waals surface area contributed by atoms with E-state index >= 15 is 0 Å². The van der Waals surface area contributed by atoms with Crippen LogP contribution in [0.15, 0.2) is 30.5 Å². The van der Waals surface area contributed by atoms with Crippen LogP contribution in [0.1, 0.15) is 15.2 Å². The Labute approximate surface area is 97.1 Å². The lowest BCUT2D eigenvalue weighted by Crippen LogP contribution is -2.09. The van der Waals surface area contributed by atoms with E-state index in [-0.39, 0.29) is 5.91 Å². The van der Waals surface area contributed by atoms with E-state index < -0.39 is 0 Å². The van der Waals surface area contributed by atoms with Gasteiger partial charge in [0.25, 0.3) is 5.91 Å². The van der Waals surface area contributed by atoms with Gasteiger partial charge < -0.3 is 11.1 Å². The molecule has 0 bridgehead atoms.